The molecule has 0 saturated heterocycles. The Morgan fingerprint density at radius 3 is 2.50 bits per heavy atom. The minimum absolute atomic E-state index is 0.114. The van der Waals surface area contributed by atoms with Gasteiger partial charge >= 0.3 is 0 Å². The summed E-state index contributed by atoms with van der Waals surface area (Å²) in [6.45, 7) is 0. The Hall–Kier alpha value is -1.01. The van der Waals surface area contributed by atoms with E-state index in [9.17, 15) is 5.11 Å². The minimum Gasteiger partial charge on any atom is -0.508 e. The number of allylic oxidation sites excluding steroid dienone is 1. The zero-order valence-electron chi connectivity index (χ0n) is 6.36. The van der Waals surface area contributed by atoms with Crippen LogP contribution >= 0.6 is 8.58 Å². The van der Waals surface area contributed by atoms with E-state index in [-0.39, 0.29) is 11.5 Å². The van der Waals surface area contributed by atoms with Crippen molar-refractivity contribution >= 4 is 8.58 Å². The molecular weight excluding hydrogens is 171 g/mol. The predicted molar refractivity (Wildman–Crippen MR) is 50.0 cm³/mol. The standard InChI is InChI=1S/C9H9O2P/c10-6-1-2-7(8(11)5-6)9-3-4-12-9/h1-5,9-12H. The highest BCUT2D eigenvalue weighted by molar-refractivity contribution is 7.44. The number of benzene rings is 1. The fraction of sp³-hybridized carbons (Fsp3) is 0.111. The molecule has 1 aliphatic rings. The first-order valence-corrected chi connectivity index (χ1v) is 4.87. The van der Waals surface area contributed by atoms with E-state index in [1.165, 1.54) is 6.07 Å². The van der Waals surface area contributed by atoms with E-state index in [0.717, 1.165) is 14.1 Å². The summed E-state index contributed by atoms with van der Waals surface area (Å²) in [5.41, 5.74) is 1.28. The largest absolute Gasteiger partial charge is 0.508 e. The number of aromatic hydroxyl groups is 2. The molecule has 62 valence electrons. The Labute approximate surface area is 72.3 Å². The van der Waals surface area contributed by atoms with Crippen LogP contribution in [-0.2, 0) is 0 Å². The summed E-state index contributed by atoms with van der Waals surface area (Å²) in [7, 11) is 0.761. The van der Waals surface area contributed by atoms with E-state index < -0.39 is 0 Å². The topological polar surface area (TPSA) is 40.5 Å². The average molecular weight is 180 g/mol. The Kier molecular flexibility index (Phi) is 1.78. The molecule has 2 nitrogen and oxygen atoms in total. The second kappa shape index (κ2) is 2.80. The summed E-state index contributed by atoms with van der Waals surface area (Å²) in [5.74, 6) is 2.40. The van der Waals surface area contributed by atoms with Crippen molar-refractivity contribution in [3.05, 3.63) is 35.7 Å². The van der Waals surface area contributed by atoms with Gasteiger partial charge in [-0.25, -0.2) is 0 Å². The second-order valence-corrected chi connectivity index (χ2v) is 4.04. The van der Waals surface area contributed by atoms with Crippen LogP contribution < -0.4 is 0 Å². The van der Waals surface area contributed by atoms with Gasteiger partial charge in [-0.3, -0.25) is 0 Å². The first kappa shape index (κ1) is 7.63. The van der Waals surface area contributed by atoms with Gasteiger partial charge in [0, 0.05) is 17.3 Å². The molecular formula is C9H9O2P. The van der Waals surface area contributed by atoms with E-state index in [2.05, 4.69) is 11.9 Å². The van der Waals surface area contributed by atoms with Gasteiger partial charge in [0.15, 0.2) is 0 Å². The molecule has 2 rings (SSSR count). The Morgan fingerprint density at radius 1 is 1.25 bits per heavy atom. The molecule has 0 fully saturated rings. The van der Waals surface area contributed by atoms with Crippen LogP contribution in [0, 0.1) is 0 Å². The molecule has 0 bridgehead atoms. The van der Waals surface area contributed by atoms with Gasteiger partial charge in [-0.1, -0.05) is 26.5 Å². The summed E-state index contributed by atoms with van der Waals surface area (Å²) >= 11 is 0. The highest BCUT2D eigenvalue weighted by Crippen LogP contribution is 2.48. The quantitative estimate of drug-likeness (QED) is 0.651. The van der Waals surface area contributed by atoms with Crippen LogP contribution in [-0.4, -0.2) is 10.2 Å². The Balaban J connectivity index is 2.37. The maximum Gasteiger partial charge on any atom is 0.123 e. The van der Waals surface area contributed by atoms with Crippen LogP contribution in [0.4, 0.5) is 0 Å². The molecule has 0 aliphatic carbocycles. The summed E-state index contributed by atoms with van der Waals surface area (Å²) in [4.78, 5) is 0. The van der Waals surface area contributed by atoms with Crippen LogP contribution in [0.2, 0.25) is 0 Å². The summed E-state index contributed by atoms with van der Waals surface area (Å²) in [5, 5.41) is 18.5. The van der Waals surface area contributed by atoms with E-state index in [0.29, 0.717) is 5.66 Å². The van der Waals surface area contributed by atoms with Crippen molar-refractivity contribution in [2.45, 2.75) is 5.66 Å². The number of phenols is 2. The SMILES string of the molecule is Oc1ccc(C2C=CP2)c(O)c1. The van der Waals surface area contributed by atoms with Gasteiger partial charge in [0.25, 0.3) is 0 Å². The molecule has 3 heteroatoms. The first-order chi connectivity index (χ1) is 5.77. The highest BCUT2D eigenvalue weighted by Gasteiger charge is 2.16. The number of rotatable bonds is 1. The maximum absolute atomic E-state index is 9.44. The molecule has 2 N–H and O–H groups in total. The van der Waals surface area contributed by atoms with Crippen LogP contribution in [0.1, 0.15) is 11.2 Å². The summed E-state index contributed by atoms with van der Waals surface area (Å²) < 4.78 is 0. The molecule has 2 atom stereocenters. The van der Waals surface area contributed by atoms with Gasteiger partial charge in [-0.15, -0.1) is 0 Å². The zero-order valence-corrected chi connectivity index (χ0v) is 7.36. The van der Waals surface area contributed by atoms with Crippen molar-refractivity contribution in [2.24, 2.45) is 0 Å². The fourth-order valence-corrected chi connectivity index (χ4v) is 1.99. The smallest absolute Gasteiger partial charge is 0.123 e. The highest BCUT2D eigenvalue weighted by atomic mass is 31.1. The molecule has 0 amide bonds. The predicted octanol–water partition coefficient (Wildman–Crippen LogP) is 2.34. The number of hydrogen-bond acceptors (Lipinski definition) is 2. The van der Waals surface area contributed by atoms with E-state index in [1.54, 1.807) is 12.1 Å². The minimum atomic E-state index is 0.114. The van der Waals surface area contributed by atoms with Crippen molar-refractivity contribution in [1.29, 1.82) is 0 Å². The lowest BCUT2D eigenvalue weighted by Crippen LogP contribution is -1.92. The van der Waals surface area contributed by atoms with Crippen LogP contribution in [0.3, 0.4) is 0 Å². The third-order valence-corrected chi connectivity index (χ3v) is 3.16. The molecule has 0 radical (unpaired) electrons. The summed E-state index contributed by atoms with van der Waals surface area (Å²) in [6, 6.07) is 4.75. The fourth-order valence-electron chi connectivity index (χ4n) is 1.18. The van der Waals surface area contributed by atoms with Gasteiger partial charge in [0.2, 0.25) is 0 Å². The zero-order chi connectivity index (χ0) is 8.55. The molecule has 1 aromatic carbocycles. The van der Waals surface area contributed by atoms with Crippen LogP contribution in [0.25, 0.3) is 0 Å². The number of phenolic OH excluding ortho intramolecular Hbond substituents is 2. The van der Waals surface area contributed by atoms with E-state index >= 15 is 0 Å². The molecule has 12 heavy (non-hydrogen) atoms. The van der Waals surface area contributed by atoms with Gasteiger partial charge in [0.1, 0.15) is 11.5 Å². The monoisotopic (exact) mass is 180 g/mol. The third-order valence-electron chi connectivity index (χ3n) is 1.91. The van der Waals surface area contributed by atoms with Crippen molar-refractivity contribution < 1.29 is 10.2 Å². The molecule has 1 heterocycles. The van der Waals surface area contributed by atoms with Gasteiger partial charge < -0.3 is 10.2 Å². The molecule has 1 aromatic rings. The molecule has 2 unspecified atom stereocenters. The second-order valence-electron chi connectivity index (χ2n) is 2.75. The van der Waals surface area contributed by atoms with Gasteiger partial charge in [0.05, 0.1) is 0 Å². The lowest BCUT2D eigenvalue weighted by Gasteiger charge is -2.18. The lowest BCUT2D eigenvalue weighted by molar-refractivity contribution is 0.446. The van der Waals surface area contributed by atoms with Crippen molar-refractivity contribution in [3.8, 4) is 11.5 Å². The average Bonchev–Trinajstić information content (AvgIpc) is 1.91. The summed E-state index contributed by atoms with van der Waals surface area (Å²) in [6.07, 6.45) is 2.06. The van der Waals surface area contributed by atoms with E-state index in [1.807, 2.05) is 0 Å². The lowest BCUT2D eigenvalue weighted by atomic mass is 10.1. The van der Waals surface area contributed by atoms with Gasteiger partial charge in [-0.2, -0.15) is 0 Å². The van der Waals surface area contributed by atoms with Crippen molar-refractivity contribution in [1.82, 2.24) is 0 Å². The van der Waals surface area contributed by atoms with Crippen molar-refractivity contribution in [2.75, 3.05) is 0 Å². The van der Waals surface area contributed by atoms with Crippen LogP contribution in [0.15, 0.2) is 30.1 Å². The molecule has 1 aliphatic heterocycles. The first-order valence-electron chi connectivity index (χ1n) is 3.72. The molecule has 0 aromatic heterocycles. The maximum atomic E-state index is 9.44. The third kappa shape index (κ3) is 1.19. The normalized spacial score (nSPS) is 22.5. The molecule has 0 saturated carbocycles. The molecule has 0 spiro atoms. The number of hydrogen-bond donors (Lipinski definition) is 2. The Bertz CT molecular complexity index is 333. The van der Waals surface area contributed by atoms with E-state index in [4.69, 9.17) is 5.11 Å². The Morgan fingerprint density at radius 2 is 2.00 bits per heavy atom. The van der Waals surface area contributed by atoms with Crippen LogP contribution in [0.5, 0.6) is 11.5 Å². The van der Waals surface area contributed by atoms with Crippen molar-refractivity contribution in [3.63, 3.8) is 0 Å². The van der Waals surface area contributed by atoms with Gasteiger partial charge in [-0.05, 0) is 6.07 Å².